The van der Waals surface area contributed by atoms with E-state index in [9.17, 15) is 39.2 Å². The molecule has 16 heteroatoms. The van der Waals surface area contributed by atoms with Crippen molar-refractivity contribution in [1.29, 1.82) is 0 Å². The van der Waals surface area contributed by atoms with Gasteiger partial charge in [0.15, 0.2) is 0 Å². The second-order valence-electron chi connectivity index (χ2n) is 10.8. The van der Waals surface area contributed by atoms with Crippen LogP contribution in [-0.4, -0.2) is 59.0 Å². The van der Waals surface area contributed by atoms with E-state index in [4.69, 9.17) is 16.3 Å². The van der Waals surface area contributed by atoms with Gasteiger partial charge in [-0.05, 0) is 63.6 Å². The minimum Gasteiger partial charge on any atom is -0.486 e. The van der Waals surface area contributed by atoms with E-state index in [0.717, 1.165) is 28.8 Å². The number of hydrogen-bond acceptors (Lipinski definition) is 7. The molecule has 0 bridgehead atoms. The Morgan fingerprint density at radius 3 is 2.29 bits per heavy atom. The molecule has 0 fully saturated rings. The summed E-state index contributed by atoms with van der Waals surface area (Å²) in [5.41, 5.74) is -3.72. The van der Waals surface area contributed by atoms with Gasteiger partial charge in [0, 0.05) is 12.0 Å². The number of benzene rings is 2. The summed E-state index contributed by atoms with van der Waals surface area (Å²) in [6.45, 7) is 4.25. The fraction of sp³-hybridized carbons (Fsp3) is 0.480. The highest BCUT2D eigenvalue weighted by Gasteiger charge is 2.50. The minimum atomic E-state index is -4.82. The first-order valence-electron chi connectivity index (χ1n) is 12.1. The predicted molar refractivity (Wildman–Crippen MR) is 143 cm³/mol. The molecule has 0 spiro atoms. The van der Waals surface area contributed by atoms with Gasteiger partial charge in [-0.1, -0.05) is 17.7 Å². The lowest BCUT2D eigenvalue weighted by atomic mass is 9.97. The van der Waals surface area contributed by atoms with Gasteiger partial charge in [0.2, 0.25) is 15.6 Å². The van der Waals surface area contributed by atoms with Crippen molar-refractivity contribution in [3.05, 3.63) is 52.8 Å². The number of hydrogen-bond donors (Lipinski definition) is 1. The molecule has 1 atom stereocenters. The maximum Gasteiger partial charge on any atom is 0.427 e. The number of halogens is 5. The molecule has 0 radical (unpaired) electrons. The van der Waals surface area contributed by atoms with E-state index >= 15 is 0 Å². The highest BCUT2D eigenvalue weighted by Crippen LogP contribution is 2.40. The molecule has 0 amide bonds. The van der Waals surface area contributed by atoms with Crippen molar-refractivity contribution in [1.82, 2.24) is 4.72 Å². The van der Waals surface area contributed by atoms with E-state index in [1.807, 2.05) is 0 Å². The molecule has 9 nitrogen and oxygen atoms in total. The summed E-state index contributed by atoms with van der Waals surface area (Å²) in [5, 5.41) is -0.446. The predicted octanol–water partition coefficient (Wildman–Crippen LogP) is 4.58. The average Bonchev–Trinajstić information content (AvgIpc) is 2.77. The first-order valence-corrected chi connectivity index (χ1v) is 15.8. The van der Waals surface area contributed by atoms with E-state index in [2.05, 4.69) is 9.46 Å². The molecular weight excluding hydrogens is 616 g/mol. The quantitative estimate of drug-likeness (QED) is 0.314. The first kappa shape index (κ1) is 32.9. The Morgan fingerprint density at radius 2 is 1.73 bits per heavy atom. The van der Waals surface area contributed by atoms with Crippen LogP contribution in [0.25, 0.3) is 0 Å². The third-order valence-corrected chi connectivity index (χ3v) is 9.02. The van der Waals surface area contributed by atoms with Crippen LogP contribution in [0, 0.1) is 5.82 Å². The Balaban J connectivity index is 2.01. The molecule has 41 heavy (non-hydrogen) atoms. The number of alkyl halides is 3. The van der Waals surface area contributed by atoms with Crippen LogP contribution >= 0.6 is 11.6 Å². The lowest BCUT2D eigenvalue weighted by molar-refractivity contribution is -0.257. The Hall–Kier alpha value is -2.62. The number of rotatable bonds is 9. The van der Waals surface area contributed by atoms with Crippen LogP contribution in [0.1, 0.15) is 39.7 Å². The smallest absolute Gasteiger partial charge is 0.427 e. The Morgan fingerprint density at radius 1 is 1.10 bits per heavy atom. The monoisotopic (exact) mass is 644 g/mol. The van der Waals surface area contributed by atoms with Crippen LogP contribution in [0.5, 0.6) is 5.75 Å². The number of nitrogens with zero attached hydrogens (tertiary/aromatic N) is 1. The van der Waals surface area contributed by atoms with Gasteiger partial charge in [0.25, 0.3) is 10.0 Å². The molecule has 2 aromatic rings. The number of carbonyl (C=O) groups is 1. The number of ether oxygens (including phenoxy) is 2. The fourth-order valence-electron chi connectivity index (χ4n) is 4.22. The number of carbonyl (C=O) groups excluding carboxylic acids is 1. The Labute approximate surface area is 240 Å². The van der Waals surface area contributed by atoms with E-state index in [0.29, 0.717) is 13.8 Å². The fourth-order valence-corrected chi connectivity index (χ4v) is 7.08. The summed E-state index contributed by atoms with van der Waals surface area (Å²) in [6.07, 6.45) is -5.31. The highest BCUT2D eigenvalue weighted by atomic mass is 35.5. The van der Waals surface area contributed by atoms with Gasteiger partial charge < -0.3 is 9.47 Å². The summed E-state index contributed by atoms with van der Waals surface area (Å²) < 4.78 is 118. The normalized spacial score (nSPS) is 16.6. The molecule has 1 heterocycles. The summed E-state index contributed by atoms with van der Waals surface area (Å²) in [4.78, 5) is 12.0. The molecule has 228 valence electrons. The Kier molecular flexibility index (Phi) is 9.01. The molecule has 0 saturated heterocycles. The molecular formula is C25H29ClF4N2O7S2. The zero-order valence-electron chi connectivity index (χ0n) is 22.7. The van der Waals surface area contributed by atoms with E-state index in [1.54, 1.807) is 13.8 Å². The van der Waals surface area contributed by atoms with E-state index in [1.165, 1.54) is 18.2 Å². The van der Waals surface area contributed by atoms with Crippen LogP contribution in [0.4, 0.5) is 23.2 Å². The first-order chi connectivity index (χ1) is 18.5. The SMILES string of the molecule is CC(C)(C[C@H]1CN(S(=O)(=O)c2ccc(F)c(Cl)c2)c2cc(CC(=O)OC(C)(C)C(F)(F)F)ccc2O1)NS(C)(=O)=O. The highest BCUT2D eigenvalue weighted by molar-refractivity contribution is 7.92. The number of anilines is 1. The molecule has 0 aliphatic carbocycles. The molecule has 1 aliphatic rings. The van der Waals surface area contributed by atoms with E-state index < -0.39 is 66.7 Å². The summed E-state index contributed by atoms with van der Waals surface area (Å²) in [5.74, 6) is -2.00. The molecule has 1 N–H and O–H groups in total. The van der Waals surface area contributed by atoms with Crippen LogP contribution in [-0.2, 0) is 36.0 Å². The van der Waals surface area contributed by atoms with Gasteiger partial charge in [-0.25, -0.2) is 25.9 Å². The van der Waals surface area contributed by atoms with Crippen LogP contribution in [0.3, 0.4) is 0 Å². The summed E-state index contributed by atoms with van der Waals surface area (Å²) in [7, 11) is -8.06. The second kappa shape index (κ2) is 11.2. The molecule has 1 aliphatic heterocycles. The third kappa shape index (κ3) is 8.02. The maximum atomic E-state index is 13.8. The number of sulfonamides is 2. The number of esters is 1. The van der Waals surface area contributed by atoms with Gasteiger partial charge in [0.1, 0.15) is 17.7 Å². The molecule has 0 saturated carbocycles. The van der Waals surface area contributed by atoms with Gasteiger partial charge >= 0.3 is 12.1 Å². The van der Waals surface area contributed by atoms with Gasteiger partial charge in [0.05, 0.1) is 34.8 Å². The van der Waals surface area contributed by atoms with Crippen molar-refractivity contribution in [2.45, 2.75) is 68.9 Å². The lowest BCUT2D eigenvalue weighted by Gasteiger charge is -2.38. The largest absolute Gasteiger partial charge is 0.486 e. The molecule has 3 rings (SSSR count). The van der Waals surface area contributed by atoms with Crippen molar-refractivity contribution in [2.75, 3.05) is 17.1 Å². The average molecular weight is 645 g/mol. The Bertz CT molecular complexity index is 1550. The van der Waals surface area contributed by atoms with Crippen molar-refractivity contribution >= 4 is 43.3 Å². The van der Waals surface area contributed by atoms with Crippen molar-refractivity contribution in [3.8, 4) is 5.75 Å². The van der Waals surface area contributed by atoms with Crippen LogP contribution in [0.2, 0.25) is 5.02 Å². The molecule has 0 unspecified atom stereocenters. The topological polar surface area (TPSA) is 119 Å². The van der Waals surface area contributed by atoms with E-state index in [-0.39, 0.29) is 34.9 Å². The molecule has 2 aromatic carbocycles. The van der Waals surface area contributed by atoms with Crippen molar-refractivity contribution < 1.29 is 48.7 Å². The van der Waals surface area contributed by atoms with Crippen LogP contribution < -0.4 is 13.8 Å². The molecule has 0 aromatic heterocycles. The zero-order valence-corrected chi connectivity index (χ0v) is 25.1. The minimum absolute atomic E-state index is 0.0241. The standard InChI is InChI=1S/C25H29ClF4N2O7S2/c1-23(2,31-40(5,34)35)13-16-14-32(41(36,37)17-7-8-19(27)18(26)12-17)20-10-15(6-9-21(20)38-16)11-22(33)39-24(3,4)25(28,29)30/h6-10,12,16,31H,11,13-14H2,1-5H3/t16-/m0/s1. The van der Waals surface area contributed by atoms with Gasteiger partial charge in [-0.15, -0.1) is 0 Å². The van der Waals surface area contributed by atoms with Gasteiger partial charge in [-0.2, -0.15) is 13.2 Å². The maximum absolute atomic E-state index is 13.8. The third-order valence-electron chi connectivity index (χ3n) is 6.03. The summed E-state index contributed by atoms with van der Waals surface area (Å²) in [6, 6.07) is 6.78. The van der Waals surface area contributed by atoms with Crippen molar-refractivity contribution in [2.24, 2.45) is 0 Å². The lowest BCUT2D eigenvalue weighted by Crippen LogP contribution is -2.51. The second-order valence-corrected chi connectivity index (χ2v) is 14.8. The van der Waals surface area contributed by atoms with Gasteiger partial charge in [-0.3, -0.25) is 9.10 Å². The zero-order chi connectivity index (χ0) is 31.2. The number of nitrogens with one attached hydrogen (secondary N) is 1. The van der Waals surface area contributed by atoms with Crippen molar-refractivity contribution in [3.63, 3.8) is 0 Å². The van der Waals surface area contributed by atoms with Crippen LogP contribution in [0.15, 0.2) is 41.3 Å². The summed E-state index contributed by atoms with van der Waals surface area (Å²) >= 11 is 5.82. The number of fused-ring (bicyclic) bond motifs is 1.